The Kier molecular flexibility index (Phi) is 8.20. The van der Waals surface area contributed by atoms with Crippen molar-refractivity contribution in [2.75, 3.05) is 17.2 Å². The SMILES string of the molecule is O=C(CCNC1CCC(Nc2ncc3ncnc(Nc4ccc(F)c(Cl)c4)c3n2)CC1)Oc1ccccc1. The molecular formula is C27H27ClFN7O2. The molecule has 2 heterocycles. The number of hydrogen-bond acceptors (Lipinski definition) is 9. The largest absolute Gasteiger partial charge is 0.426 e. The Labute approximate surface area is 224 Å². The molecule has 2 aromatic carbocycles. The number of nitrogens with one attached hydrogen (secondary N) is 3. The van der Waals surface area contributed by atoms with Crippen LogP contribution in [0.3, 0.4) is 0 Å². The average molecular weight is 536 g/mol. The van der Waals surface area contributed by atoms with E-state index < -0.39 is 5.82 Å². The summed E-state index contributed by atoms with van der Waals surface area (Å²) in [4.78, 5) is 29.6. The number of anilines is 3. The van der Waals surface area contributed by atoms with E-state index in [0.717, 1.165) is 25.7 Å². The zero-order valence-corrected chi connectivity index (χ0v) is 21.3. The first-order chi connectivity index (χ1) is 18.5. The molecule has 0 atom stereocenters. The van der Waals surface area contributed by atoms with Gasteiger partial charge in [0.05, 0.1) is 17.6 Å². The molecular weight excluding hydrogens is 509 g/mol. The topological polar surface area (TPSA) is 114 Å². The second-order valence-corrected chi connectivity index (χ2v) is 9.49. The van der Waals surface area contributed by atoms with Crippen LogP contribution in [0.2, 0.25) is 5.02 Å². The van der Waals surface area contributed by atoms with Crippen molar-refractivity contribution in [2.45, 2.75) is 44.2 Å². The van der Waals surface area contributed by atoms with E-state index in [9.17, 15) is 9.18 Å². The summed E-state index contributed by atoms with van der Waals surface area (Å²) in [7, 11) is 0. The normalized spacial score (nSPS) is 17.2. The molecule has 4 aromatic rings. The van der Waals surface area contributed by atoms with Gasteiger partial charge in [0, 0.05) is 24.3 Å². The number of hydrogen-bond donors (Lipinski definition) is 3. The van der Waals surface area contributed by atoms with Crippen LogP contribution in [0, 0.1) is 5.82 Å². The minimum absolute atomic E-state index is 0.0163. The standard InChI is InChI=1S/C27H27ClFN7O2/c28-21-14-19(10-11-22(21)29)34-26-25-23(32-16-33-26)15-31-27(36-25)35-18-8-6-17(7-9-18)30-13-12-24(37)38-20-4-2-1-3-5-20/h1-5,10-11,14-18,30H,6-9,12-13H2,(H,31,35,36)(H,32,33,34). The molecule has 11 heteroatoms. The van der Waals surface area contributed by atoms with E-state index in [2.05, 4.69) is 35.9 Å². The fourth-order valence-corrected chi connectivity index (χ4v) is 4.58. The smallest absolute Gasteiger partial charge is 0.312 e. The summed E-state index contributed by atoms with van der Waals surface area (Å²) in [6, 6.07) is 14.0. The van der Waals surface area contributed by atoms with Gasteiger partial charge in [-0.1, -0.05) is 29.8 Å². The van der Waals surface area contributed by atoms with Crippen LogP contribution in [0.25, 0.3) is 11.0 Å². The first-order valence-electron chi connectivity index (χ1n) is 12.5. The highest BCUT2D eigenvalue weighted by molar-refractivity contribution is 6.31. The first-order valence-corrected chi connectivity index (χ1v) is 12.9. The summed E-state index contributed by atoms with van der Waals surface area (Å²) in [5, 5.41) is 10.0. The third-order valence-corrected chi connectivity index (χ3v) is 6.65. The van der Waals surface area contributed by atoms with Gasteiger partial charge in [0.25, 0.3) is 0 Å². The Morgan fingerprint density at radius 3 is 2.61 bits per heavy atom. The Hall–Kier alpha value is -3.89. The number of rotatable bonds is 9. The van der Waals surface area contributed by atoms with E-state index in [0.29, 0.717) is 53.2 Å². The predicted octanol–water partition coefficient (Wildman–Crippen LogP) is 5.26. The molecule has 0 amide bonds. The highest BCUT2D eigenvalue weighted by Gasteiger charge is 2.22. The fourth-order valence-electron chi connectivity index (χ4n) is 4.40. The molecule has 0 aliphatic heterocycles. The van der Waals surface area contributed by atoms with Crippen molar-refractivity contribution >= 4 is 46.1 Å². The summed E-state index contributed by atoms with van der Waals surface area (Å²) in [6.45, 7) is 0.581. The molecule has 1 aliphatic carbocycles. The molecule has 2 aromatic heterocycles. The summed E-state index contributed by atoms with van der Waals surface area (Å²) >= 11 is 5.91. The lowest BCUT2D eigenvalue weighted by atomic mass is 9.91. The number of fused-ring (bicyclic) bond motifs is 1. The van der Waals surface area contributed by atoms with Crippen molar-refractivity contribution in [2.24, 2.45) is 0 Å². The van der Waals surface area contributed by atoms with Crippen molar-refractivity contribution < 1.29 is 13.9 Å². The van der Waals surface area contributed by atoms with Gasteiger partial charge in [0.2, 0.25) is 5.95 Å². The van der Waals surface area contributed by atoms with Crippen LogP contribution in [-0.2, 0) is 4.79 Å². The molecule has 9 nitrogen and oxygen atoms in total. The number of benzene rings is 2. The quantitative estimate of drug-likeness (QED) is 0.195. The van der Waals surface area contributed by atoms with E-state index in [-0.39, 0.29) is 17.0 Å². The van der Waals surface area contributed by atoms with Crippen LogP contribution >= 0.6 is 11.6 Å². The van der Waals surface area contributed by atoms with Crippen LogP contribution in [0.4, 0.5) is 21.8 Å². The van der Waals surface area contributed by atoms with Gasteiger partial charge in [-0.2, -0.15) is 0 Å². The summed E-state index contributed by atoms with van der Waals surface area (Å²) < 4.78 is 18.9. The molecule has 0 radical (unpaired) electrons. The van der Waals surface area contributed by atoms with Crippen LogP contribution in [0.1, 0.15) is 32.1 Å². The number of halogens is 2. The molecule has 196 valence electrons. The van der Waals surface area contributed by atoms with Crippen LogP contribution in [-0.4, -0.2) is 44.5 Å². The number of aromatic nitrogens is 4. The highest BCUT2D eigenvalue weighted by Crippen LogP contribution is 2.26. The molecule has 0 bridgehead atoms. The maximum Gasteiger partial charge on any atom is 0.312 e. The predicted molar refractivity (Wildman–Crippen MR) is 144 cm³/mol. The minimum Gasteiger partial charge on any atom is -0.426 e. The lowest BCUT2D eigenvalue weighted by Gasteiger charge is -2.29. The van der Waals surface area contributed by atoms with Gasteiger partial charge in [0.1, 0.15) is 28.9 Å². The van der Waals surface area contributed by atoms with E-state index in [4.69, 9.17) is 16.3 Å². The number of carbonyl (C=O) groups is 1. The molecule has 0 unspecified atom stereocenters. The molecule has 3 N–H and O–H groups in total. The molecule has 38 heavy (non-hydrogen) atoms. The molecule has 1 aliphatic rings. The van der Waals surface area contributed by atoms with Gasteiger partial charge in [-0.05, 0) is 56.0 Å². The van der Waals surface area contributed by atoms with E-state index in [1.54, 1.807) is 24.4 Å². The van der Waals surface area contributed by atoms with Crippen molar-refractivity contribution in [3.8, 4) is 5.75 Å². The summed E-state index contributed by atoms with van der Waals surface area (Å²) in [5.41, 5.74) is 1.71. The van der Waals surface area contributed by atoms with E-state index in [1.807, 2.05) is 18.2 Å². The second kappa shape index (κ2) is 12.1. The maximum atomic E-state index is 13.5. The maximum absolute atomic E-state index is 13.5. The van der Waals surface area contributed by atoms with Crippen LogP contribution in [0.5, 0.6) is 5.75 Å². The molecule has 1 fully saturated rings. The number of para-hydroxylation sites is 1. The molecule has 0 saturated heterocycles. The number of esters is 1. The van der Waals surface area contributed by atoms with Gasteiger partial charge >= 0.3 is 5.97 Å². The van der Waals surface area contributed by atoms with Crippen LogP contribution in [0.15, 0.2) is 61.1 Å². The third-order valence-electron chi connectivity index (χ3n) is 6.36. The summed E-state index contributed by atoms with van der Waals surface area (Å²) in [5.74, 6) is 0.797. The van der Waals surface area contributed by atoms with E-state index >= 15 is 0 Å². The van der Waals surface area contributed by atoms with Crippen molar-refractivity contribution in [1.29, 1.82) is 0 Å². The number of ether oxygens (including phenoxy) is 1. The minimum atomic E-state index is -0.492. The Morgan fingerprint density at radius 1 is 1.03 bits per heavy atom. The second-order valence-electron chi connectivity index (χ2n) is 9.09. The summed E-state index contributed by atoms with van der Waals surface area (Å²) in [6.07, 6.45) is 7.22. The Balaban J connectivity index is 1.12. The van der Waals surface area contributed by atoms with Crippen molar-refractivity contribution in [3.63, 3.8) is 0 Å². The van der Waals surface area contributed by atoms with Gasteiger partial charge in [-0.25, -0.2) is 24.3 Å². The Morgan fingerprint density at radius 2 is 1.82 bits per heavy atom. The lowest BCUT2D eigenvalue weighted by molar-refractivity contribution is -0.134. The molecule has 5 rings (SSSR count). The number of carbonyl (C=O) groups excluding carboxylic acids is 1. The van der Waals surface area contributed by atoms with Gasteiger partial charge in [-0.3, -0.25) is 4.79 Å². The molecule has 0 spiro atoms. The molecule has 1 saturated carbocycles. The monoisotopic (exact) mass is 535 g/mol. The van der Waals surface area contributed by atoms with Crippen molar-refractivity contribution in [1.82, 2.24) is 25.3 Å². The van der Waals surface area contributed by atoms with Crippen LogP contribution < -0.4 is 20.7 Å². The zero-order chi connectivity index (χ0) is 26.3. The van der Waals surface area contributed by atoms with E-state index in [1.165, 1.54) is 18.5 Å². The van der Waals surface area contributed by atoms with Gasteiger partial charge in [-0.15, -0.1) is 0 Å². The average Bonchev–Trinajstić information content (AvgIpc) is 2.93. The third kappa shape index (κ3) is 6.70. The van der Waals surface area contributed by atoms with Gasteiger partial charge in [0.15, 0.2) is 5.82 Å². The van der Waals surface area contributed by atoms with Gasteiger partial charge < -0.3 is 20.7 Å². The zero-order valence-electron chi connectivity index (χ0n) is 20.5. The highest BCUT2D eigenvalue weighted by atomic mass is 35.5. The van der Waals surface area contributed by atoms with Crippen molar-refractivity contribution in [3.05, 3.63) is 71.9 Å². The lowest BCUT2D eigenvalue weighted by Crippen LogP contribution is -2.38. The fraction of sp³-hybridized carbons (Fsp3) is 0.296. The first kappa shape index (κ1) is 25.7. The Bertz CT molecular complexity index is 1400. The number of nitrogens with zero attached hydrogens (tertiary/aromatic N) is 4.